The number of anilines is 1. The van der Waals surface area contributed by atoms with E-state index in [4.69, 9.17) is 4.74 Å². The van der Waals surface area contributed by atoms with Crippen molar-refractivity contribution < 1.29 is 4.74 Å². The molecule has 0 fully saturated rings. The highest BCUT2D eigenvalue weighted by Gasteiger charge is 2.15. The normalized spacial score (nSPS) is 12.2. The van der Waals surface area contributed by atoms with Crippen molar-refractivity contribution in [3.05, 3.63) is 39.8 Å². The van der Waals surface area contributed by atoms with Crippen molar-refractivity contribution in [3.63, 3.8) is 0 Å². The largest absolute Gasteiger partial charge is 0.496 e. The summed E-state index contributed by atoms with van der Waals surface area (Å²) in [5.41, 5.74) is 1.22. The Morgan fingerprint density at radius 3 is 2.79 bits per heavy atom. The summed E-state index contributed by atoms with van der Waals surface area (Å²) < 4.78 is 6.29. The van der Waals surface area contributed by atoms with Crippen LogP contribution in [-0.4, -0.2) is 25.2 Å². The lowest BCUT2D eigenvalue weighted by molar-refractivity contribution is 0.408. The first kappa shape index (κ1) is 14.3. The molecule has 1 atom stereocenters. The number of thiazole rings is 1. The lowest BCUT2D eigenvalue weighted by Gasteiger charge is -2.25. The predicted octanol–water partition coefficient (Wildman–Crippen LogP) is 3.98. The molecule has 0 aliphatic rings. The van der Waals surface area contributed by atoms with Crippen LogP contribution in [0.5, 0.6) is 5.75 Å². The second-order valence-corrected chi connectivity index (χ2v) is 6.08. The fraction of sp³-hybridized carbons (Fsp3) is 0.357. The van der Waals surface area contributed by atoms with Gasteiger partial charge in [0.25, 0.3) is 0 Å². The summed E-state index contributed by atoms with van der Waals surface area (Å²) in [6, 6.07) is 8.51. The van der Waals surface area contributed by atoms with E-state index in [2.05, 4.69) is 45.9 Å². The van der Waals surface area contributed by atoms with Crippen molar-refractivity contribution in [2.75, 3.05) is 19.1 Å². The molecule has 0 amide bonds. The number of ether oxygens (including phenoxy) is 1. The first-order valence-corrected chi connectivity index (χ1v) is 7.75. The third-order valence-corrected chi connectivity index (χ3v) is 4.78. The number of hydrogen-bond donors (Lipinski definition) is 0. The number of rotatable bonds is 5. The zero-order valence-corrected chi connectivity index (χ0v) is 13.7. The zero-order chi connectivity index (χ0) is 13.8. The van der Waals surface area contributed by atoms with Gasteiger partial charge in [-0.15, -0.1) is 11.3 Å². The number of benzene rings is 1. The average Bonchev–Trinajstić information content (AvgIpc) is 2.85. The van der Waals surface area contributed by atoms with Gasteiger partial charge >= 0.3 is 0 Å². The van der Waals surface area contributed by atoms with Gasteiger partial charge in [-0.3, -0.25) is 0 Å². The molecule has 5 heteroatoms. The fourth-order valence-electron chi connectivity index (χ4n) is 1.92. The van der Waals surface area contributed by atoms with Gasteiger partial charge in [-0.05, 0) is 40.9 Å². The van der Waals surface area contributed by atoms with Crippen LogP contribution < -0.4 is 9.64 Å². The van der Waals surface area contributed by atoms with Crippen LogP contribution in [-0.2, 0) is 6.42 Å². The number of para-hydroxylation sites is 1. The molecule has 19 heavy (non-hydrogen) atoms. The number of aromatic nitrogens is 1. The van der Waals surface area contributed by atoms with Crippen LogP contribution in [0, 0.1) is 0 Å². The number of nitrogens with zero attached hydrogens (tertiary/aromatic N) is 2. The molecule has 0 aliphatic carbocycles. The van der Waals surface area contributed by atoms with E-state index >= 15 is 0 Å². The molecular formula is C14H17BrN2OS. The molecule has 0 aliphatic heterocycles. The zero-order valence-electron chi connectivity index (χ0n) is 11.3. The number of halogens is 1. The fourth-order valence-corrected chi connectivity index (χ4v) is 3.24. The van der Waals surface area contributed by atoms with Crippen molar-refractivity contribution in [1.82, 2.24) is 4.98 Å². The van der Waals surface area contributed by atoms with E-state index in [0.29, 0.717) is 6.04 Å². The average molecular weight is 341 g/mol. The van der Waals surface area contributed by atoms with Crippen LogP contribution in [0.2, 0.25) is 0 Å². The SMILES string of the molecule is COc1ccccc1CC(C)N(C)c1nc(Br)cs1. The Bertz CT molecular complexity index is 544. The Kier molecular flexibility index (Phi) is 4.82. The van der Waals surface area contributed by atoms with Crippen molar-refractivity contribution >= 4 is 32.4 Å². The van der Waals surface area contributed by atoms with E-state index in [9.17, 15) is 0 Å². The van der Waals surface area contributed by atoms with Crippen LogP contribution in [0.1, 0.15) is 12.5 Å². The van der Waals surface area contributed by atoms with E-state index in [-0.39, 0.29) is 0 Å². The van der Waals surface area contributed by atoms with Crippen LogP contribution in [0.15, 0.2) is 34.2 Å². The molecule has 102 valence electrons. The molecule has 2 aromatic rings. The highest BCUT2D eigenvalue weighted by Crippen LogP contribution is 2.26. The minimum absolute atomic E-state index is 0.356. The molecule has 3 nitrogen and oxygen atoms in total. The second-order valence-electron chi connectivity index (χ2n) is 4.43. The Hall–Kier alpha value is -1.07. The maximum absolute atomic E-state index is 5.40. The van der Waals surface area contributed by atoms with Crippen molar-refractivity contribution in [3.8, 4) is 5.75 Å². The molecule has 0 radical (unpaired) electrons. The van der Waals surface area contributed by atoms with E-state index in [1.165, 1.54) is 5.56 Å². The van der Waals surface area contributed by atoms with Crippen LogP contribution in [0.3, 0.4) is 0 Å². The number of likely N-dealkylation sites (N-methyl/N-ethyl adjacent to an activating group) is 1. The van der Waals surface area contributed by atoms with Gasteiger partial charge in [-0.1, -0.05) is 18.2 Å². The second kappa shape index (κ2) is 6.39. The van der Waals surface area contributed by atoms with Crippen LogP contribution in [0.25, 0.3) is 0 Å². The summed E-state index contributed by atoms with van der Waals surface area (Å²) in [7, 11) is 3.79. The minimum Gasteiger partial charge on any atom is -0.496 e. The van der Waals surface area contributed by atoms with Crippen LogP contribution in [0.4, 0.5) is 5.13 Å². The third kappa shape index (κ3) is 3.48. The molecule has 0 N–H and O–H groups in total. The van der Waals surface area contributed by atoms with Gasteiger partial charge in [0.15, 0.2) is 5.13 Å². The number of hydrogen-bond acceptors (Lipinski definition) is 4. The highest BCUT2D eigenvalue weighted by molar-refractivity contribution is 9.10. The van der Waals surface area contributed by atoms with Crippen molar-refractivity contribution in [1.29, 1.82) is 0 Å². The number of methoxy groups -OCH3 is 1. The monoisotopic (exact) mass is 340 g/mol. The van der Waals surface area contributed by atoms with Crippen molar-refractivity contribution in [2.24, 2.45) is 0 Å². The van der Waals surface area contributed by atoms with Gasteiger partial charge < -0.3 is 9.64 Å². The van der Waals surface area contributed by atoms with Gasteiger partial charge in [-0.2, -0.15) is 0 Å². The maximum Gasteiger partial charge on any atom is 0.186 e. The molecule has 1 unspecified atom stereocenters. The first-order valence-electron chi connectivity index (χ1n) is 6.07. The highest BCUT2D eigenvalue weighted by atomic mass is 79.9. The Balaban J connectivity index is 2.10. The molecule has 2 rings (SSSR count). The molecule has 1 aromatic heterocycles. The standard InChI is InChI=1S/C14H17BrN2OS/c1-10(17(2)14-16-13(15)9-19-14)8-11-6-4-5-7-12(11)18-3/h4-7,9-10H,8H2,1-3H3. The molecule has 0 saturated heterocycles. The summed E-state index contributed by atoms with van der Waals surface area (Å²) in [4.78, 5) is 6.64. The molecule has 1 aromatic carbocycles. The van der Waals surface area contributed by atoms with Gasteiger partial charge in [0, 0.05) is 18.5 Å². The van der Waals surface area contributed by atoms with Crippen LogP contribution >= 0.6 is 27.3 Å². The van der Waals surface area contributed by atoms with E-state index in [0.717, 1.165) is 21.9 Å². The third-order valence-electron chi connectivity index (χ3n) is 3.13. The summed E-state index contributed by atoms with van der Waals surface area (Å²) in [6.07, 6.45) is 0.928. The Morgan fingerprint density at radius 2 is 2.16 bits per heavy atom. The van der Waals surface area contributed by atoms with E-state index in [1.54, 1.807) is 18.4 Å². The summed E-state index contributed by atoms with van der Waals surface area (Å²) >= 11 is 5.04. The quantitative estimate of drug-likeness (QED) is 0.823. The summed E-state index contributed by atoms with van der Waals surface area (Å²) in [5, 5.41) is 3.02. The first-order chi connectivity index (χ1) is 9.11. The predicted molar refractivity (Wildman–Crippen MR) is 84.4 cm³/mol. The Morgan fingerprint density at radius 1 is 1.42 bits per heavy atom. The minimum atomic E-state index is 0.356. The van der Waals surface area contributed by atoms with E-state index in [1.807, 2.05) is 23.6 Å². The van der Waals surface area contributed by atoms with Gasteiger partial charge in [0.2, 0.25) is 0 Å². The summed E-state index contributed by atoms with van der Waals surface area (Å²) in [5.74, 6) is 0.947. The molecule has 0 saturated carbocycles. The molecule has 0 spiro atoms. The molecular weight excluding hydrogens is 324 g/mol. The van der Waals surface area contributed by atoms with Crippen molar-refractivity contribution in [2.45, 2.75) is 19.4 Å². The smallest absolute Gasteiger partial charge is 0.186 e. The lowest BCUT2D eigenvalue weighted by atomic mass is 10.1. The maximum atomic E-state index is 5.40. The van der Waals surface area contributed by atoms with Gasteiger partial charge in [0.05, 0.1) is 7.11 Å². The topological polar surface area (TPSA) is 25.4 Å². The van der Waals surface area contributed by atoms with E-state index < -0.39 is 0 Å². The molecule has 0 bridgehead atoms. The molecule has 1 heterocycles. The summed E-state index contributed by atoms with van der Waals surface area (Å²) in [6.45, 7) is 2.20. The van der Waals surface area contributed by atoms with Gasteiger partial charge in [-0.25, -0.2) is 4.98 Å². The van der Waals surface area contributed by atoms with Gasteiger partial charge in [0.1, 0.15) is 10.4 Å². The lowest BCUT2D eigenvalue weighted by Crippen LogP contribution is -2.30. The Labute approximate surface area is 126 Å².